The summed E-state index contributed by atoms with van der Waals surface area (Å²) in [5, 5.41) is 15.8. The van der Waals surface area contributed by atoms with Crippen LogP contribution in [0.1, 0.15) is 30.5 Å². The summed E-state index contributed by atoms with van der Waals surface area (Å²) < 4.78 is 16.1. The topological polar surface area (TPSA) is 119 Å². The number of benzene rings is 1. The number of pyridine rings is 1. The summed E-state index contributed by atoms with van der Waals surface area (Å²) in [7, 11) is -2.34. The average molecular weight is 477 g/mol. The maximum atomic E-state index is 12.0. The van der Waals surface area contributed by atoms with E-state index in [1.807, 2.05) is 6.07 Å². The Balaban J connectivity index is 1.57. The van der Waals surface area contributed by atoms with E-state index in [0.29, 0.717) is 29.4 Å². The number of aromatic nitrogens is 3. The van der Waals surface area contributed by atoms with Crippen molar-refractivity contribution in [1.82, 2.24) is 19.9 Å². The quantitative estimate of drug-likeness (QED) is 0.539. The summed E-state index contributed by atoms with van der Waals surface area (Å²) in [6, 6.07) is 14.1. The first-order chi connectivity index (χ1) is 16.2. The van der Waals surface area contributed by atoms with Crippen molar-refractivity contribution < 1.29 is 4.21 Å². The lowest BCUT2D eigenvalue weighted by atomic mass is 9.98. The van der Waals surface area contributed by atoms with E-state index in [1.54, 1.807) is 30.7 Å². The third kappa shape index (κ3) is 5.87. The van der Waals surface area contributed by atoms with Crippen LogP contribution in [0, 0.1) is 11.3 Å². The van der Waals surface area contributed by atoms with Crippen molar-refractivity contribution in [1.29, 1.82) is 5.26 Å². The summed E-state index contributed by atoms with van der Waals surface area (Å²) in [5.74, 6) is 1.47. The van der Waals surface area contributed by atoms with Gasteiger partial charge in [-0.2, -0.15) is 14.6 Å². The molecule has 0 aliphatic carbocycles. The normalized spacial score (nSPS) is 13.8. The Kier molecular flexibility index (Phi) is 6.77. The fraction of sp³-hybridized carbons (Fsp3) is 0.333. The van der Waals surface area contributed by atoms with Crippen LogP contribution in [0.4, 0.5) is 29.1 Å². The highest BCUT2D eigenvalue weighted by Crippen LogP contribution is 2.26. The van der Waals surface area contributed by atoms with Crippen LogP contribution in [0.2, 0.25) is 0 Å². The van der Waals surface area contributed by atoms with Crippen molar-refractivity contribution in [3.63, 3.8) is 0 Å². The zero-order valence-corrected chi connectivity index (χ0v) is 20.6. The Labute approximate surface area is 200 Å². The van der Waals surface area contributed by atoms with E-state index in [0.717, 1.165) is 25.2 Å². The fourth-order valence-electron chi connectivity index (χ4n) is 3.74. The molecule has 3 aromatic rings. The average Bonchev–Trinajstić information content (AvgIpc) is 2.78. The molecule has 0 spiro atoms. The molecule has 34 heavy (non-hydrogen) atoms. The van der Waals surface area contributed by atoms with Crippen molar-refractivity contribution in [3.05, 3.63) is 59.3 Å². The maximum Gasteiger partial charge on any atom is 0.229 e. The third-order valence-corrected chi connectivity index (χ3v) is 6.06. The smallest absolute Gasteiger partial charge is 0.229 e. The molecule has 0 amide bonds. The van der Waals surface area contributed by atoms with Crippen molar-refractivity contribution in [2.45, 2.75) is 32.9 Å². The summed E-state index contributed by atoms with van der Waals surface area (Å²) in [6.07, 6.45) is 5.60. The Morgan fingerprint density at radius 1 is 1.15 bits per heavy atom. The molecule has 176 valence electrons. The number of rotatable bonds is 6. The molecule has 0 bridgehead atoms. The minimum Gasteiger partial charge on any atom is -0.324 e. The lowest BCUT2D eigenvalue weighted by Gasteiger charge is -2.32. The van der Waals surface area contributed by atoms with Gasteiger partial charge in [-0.3, -0.25) is 4.90 Å². The minimum atomic E-state index is -2.34. The molecule has 0 saturated heterocycles. The largest absolute Gasteiger partial charge is 0.324 e. The molecule has 1 aliphatic rings. The van der Waals surface area contributed by atoms with Gasteiger partial charge in [-0.05, 0) is 55.7 Å². The Morgan fingerprint density at radius 2 is 1.97 bits per heavy atom. The standard InChI is InChI=1S/C24H28N8OS/c1-16(2)32-11-10-17-8-9-20(12-18(17)15-32)27-24-26-14-19(13-25)23(30-24)29-21-6-5-7-22(28-21)31-34(3,4)33/h5-9,12,14,16H,10-11,15H2,1-4H3,(H2,26,27,28,29,30). The van der Waals surface area contributed by atoms with E-state index < -0.39 is 9.73 Å². The van der Waals surface area contributed by atoms with E-state index in [2.05, 4.69) is 66.9 Å². The second-order valence-corrected chi connectivity index (χ2v) is 11.3. The molecule has 3 heterocycles. The zero-order chi connectivity index (χ0) is 24.3. The molecule has 0 saturated carbocycles. The van der Waals surface area contributed by atoms with Crippen molar-refractivity contribution in [3.8, 4) is 6.07 Å². The van der Waals surface area contributed by atoms with Gasteiger partial charge in [-0.15, -0.1) is 0 Å². The third-order valence-electron chi connectivity index (χ3n) is 5.44. The summed E-state index contributed by atoms with van der Waals surface area (Å²) in [4.78, 5) is 15.6. The predicted octanol–water partition coefficient (Wildman–Crippen LogP) is 4.36. The maximum absolute atomic E-state index is 12.0. The highest BCUT2D eigenvalue weighted by molar-refractivity contribution is 7.92. The molecular weight excluding hydrogens is 448 g/mol. The van der Waals surface area contributed by atoms with E-state index in [1.165, 1.54) is 17.3 Å². The SMILES string of the molecule is CC(C)N1CCc2ccc(Nc3ncc(C#N)c(Nc4cccc(N=S(C)(C)=O)n4)n3)cc2C1. The zero-order valence-electron chi connectivity index (χ0n) is 19.7. The van der Waals surface area contributed by atoms with Gasteiger partial charge in [0.1, 0.15) is 17.5 Å². The Morgan fingerprint density at radius 3 is 2.71 bits per heavy atom. The highest BCUT2D eigenvalue weighted by Gasteiger charge is 2.19. The fourth-order valence-corrected chi connectivity index (χ4v) is 4.29. The van der Waals surface area contributed by atoms with Gasteiger partial charge in [0.15, 0.2) is 11.6 Å². The van der Waals surface area contributed by atoms with Crippen LogP contribution in [0.15, 0.2) is 47.0 Å². The molecule has 0 atom stereocenters. The predicted molar refractivity (Wildman–Crippen MR) is 135 cm³/mol. The molecule has 0 unspecified atom stereocenters. The number of hydrogen-bond acceptors (Lipinski definition) is 9. The minimum absolute atomic E-state index is 0.280. The molecule has 4 rings (SSSR count). The van der Waals surface area contributed by atoms with Crippen LogP contribution in [0.25, 0.3) is 0 Å². The number of hydrogen-bond donors (Lipinski definition) is 2. The second kappa shape index (κ2) is 9.75. The van der Waals surface area contributed by atoms with E-state index in [4.69, 9.17) is 0 Å². The lowest BCUT2D eigenvalue weighted by molar-refractivity contribution is 0.203. The van der Waals surface area contributed by atoms with Crippen LogP contribution < -0.4 is 10.6 Å². The first-order valence-corrected chi connectivity index (χ1v) is 13.3. The monoisotopic (exact) mass is 476 g/mol. The number of anilines is 4. The molecule has 2 aromatic heterocycles. The van der Waals surface area contributed by atoms with E-state index >= 15 is 0 Å². The number of fused-ring (bicyclic) bond motifs is 1. The Hall–Kier alpha value is -3.55. The summed E-state index contributed by atoms with van der Waals surface area (Å²) in [6.45, 7) is 6.42. The van der Waals surface area contributed by atoms with Crippen molar-refractivity contribution >= 4 is 38.8 Å². The van der Waals surface area contributed by atoms with Gasteiger partial charge in [0.05, 0.1) is 6.20 Å². The first-order valence-electron chi connectivity index (χ1n) is 11.0. The molecule has 1 aliphatic heterocycles. The Bertz CT molecular complexity index is 1360. The van der Waals surface area contributed by atoms with Crippen molar-refractivity contribution in [2.75, 3.05) is 29.7 Å². The molecule has 2 N–H and O–H groups in total. The summed E-state index contributed by atoms with van der Waals surface area (Å²) >= 11 is 0. The van der Waals surface area contributed by atoms with Crippen LogP contribution in [0.5, 0.6) is 0 Å². The van der Waals surface area contributed by atoms with Crippen LogP contribution >= 0.6 is 0 Å². The van der Waals surface area contributed by atoms with E-state index in [-0.39, 0.29) is 5.56 Å². The molecule has 9 nitrogen and oxygen atoms in total. The first kappa shape index (κ1) is 23.6. The van der Waals surface area contributed by atoms with Gasteiger partial charge in [-0.1, -0.05) is 12.1 Å². The number of nitrogens with one attached hydrogen (secondary N) is 2. The van der Waals surface area contributed by atoms with Gasteiger partial charge < -0.3 is 10.6 Å². The van der Waals surface area contributed by atoms with Crippen LogP contribution in [0.3, 0.4) is 0 Å². The molecule has 0 fully saturated rings. The van der Waals surface area contributed by atoms with Gasteiger partial charge in [-0.25, -0.2) is 14.2 Å². The van der Waals surface area contributed by atoms with Gasteiger partial charge in [0.2, 0.25) is 5.95 Å². The number of nitriles is 1. The molecule has 1 aromatic carbocycles. The van der Waals surface area contributed by atoms with Crippen LogP contribution in [-0.2, 0) is 22.7 Å². The highest BCUT2D eigenvalue weighted by atomic mass is 32.2. The summed E-state index contributed by atoms with van der Waals surface area (Å²) in [5.41, 5.74) is 3.83. The molecule has 10 heteroatoms. The van der Waals surface area contributed by atoms with Gasteiger partial charge in [0.25, 0.3) is 0 Å². The van der Waals surface area contributed by atoms with Crippen LogP contribution in [-0.4, -0.2) is 49.2 Å². The van der Waals surface area contributed by atoms with E-state index in [9.17, 15) is 9.47 Å². The second-order valence-electron chi connectivity index (χ2n) is 8.77. The van der Waals surface area contributed by atoms with Gasteiger partial charge in [0, 0.05) is 47.1 Å². The lowest BCUT2D eigenvalue weighted by Crippen LogP contribution is -2.35. The van der Waals surface area contributed by atoms with Gasteiger partial charge >= 0.3 is 0 Å². The molecule has 0 radical (unpaired) electrons. The molecular formula is C24H28N8OS. The number of nitrogens with zero attached hydrogens (tertiary/aromatic N) is 6. The van der Waals surface area contributed by atoms with Crippen molar-refractivity contribution in [2.24, 2.45) is 4.36 Å².